The van der Waals surface area contributed by atoms with E-state index in [1.165, 1.54) is 11.1 Å². The predicted octanol–water partition coefficient (Wildman–Crippen LogP) is 4.85. The number of anilines is 1. The highest BCUT2D eigenvalue weighted by Gasteiger charge is 2.27. The number of rotatable bonds is 5. The number of piperidine rings is 1. The minimum Gasteiger partial charge on any atom is -0.356 e. The van der Waals surface area contributed by atoms with Gasteiger partial charge in [0.05, 0.1) is 12.0 Å². The van der Waals surface area contributed by atoms with Gasteiger partial charge in [-0.25, -0.2) is 9.97 Å². The van der Waals surface area contributed by atoms with E-state index in [1.807, 2.05) is 25.1 Å². The van der Waals surface area contributed by atoms with E-state index >= 15 is 0 Å². The first kappa shape index (κ1) is 21.0. The van der Waals surface area contributed by atoms with Crippen LogP contribution in [-0.2, 0) is 4.79 Å². The molecule has 0 radical (unpaired) electrons. The summed E-state index contributed by atoms with van der Waals surface area (Å²) in [5.41, 5.74) is 4.57. The maximum atomic E-state index is 13.0. The minimum atomic E-state index is -0.0422. The van der Waals surface area contributed by atoms with Crippen molar-refractivity contribution >= 4 is 11.7 Å². The standard InChI is InChI=1S/C26H30N4O/c1-18-6-10-21(11-7-18)20(3)28-26(31)23-5-4-16-30(17-23)24-14-15-27-25(29-24)22-12-8-19(2)9-13-22/h6-15,20,23H,4-5,16-17H2,1-3H3,(H,28,31)/t20-,23+/m0/s1. The number of nitrogens with one attached hydrogen (secondary N) is 1. The molecule has 1 N–H and O–H groups in total. The molecule has 1 fully saturated rings. The van der Waals surface area contributed by atoms with E-state index < -0.39 is 0 Å². The van der Waals surface area contributed by atoms with E-state index in [0.717, 1.165) is 42.2 Å². The van der Waals surface area contributed by atoms with Crippen molar-refractivity contribution in [2.24, 2.45) is 5.92 Å². The van der Waals surface area contributed by atoms with Crippen LogP contribution < -0.4 is 10.2 Å². The highest BCUT2D eigenvalue weighted by Crippen LogP contribution is 2.25. The second-order valence-electron chi connectivity index (χ2n) is 8.53. The molecule has 31 heavy (non-hydrogen) atoms. The van der Waals surface area contributed by atoms with Crippen LogP contribution in [0.2, 0.25) is 0 Å². The summed E-state index contributed by atoms with van der Waals surface area (Å²) in [6.07, 6.45) is 3.68. The van der Waals surface area contributed by atoms with Gasteiger partial charge in [-0.1, -0.05) is 59.7 Å². The fourth-order valence-electron chi connectivity index (χ4n) is 4.04. The van der Waals surface area contributed by atoms with Crippen molar-refractivity contribution in [3.8, 4) is 11.4 Å². The van der Waals surface area contributed by atoms with Gasteiger partial charge in [0.15, 0.2) is 5.82 Å². The summed E-state index contributed by atoms with van der Waals surface area (Å²) < 4.78 is 0. The molecule has 0 unspecified atom stereocenters. The first-order chi connectivity index (χ1) is 15.0. The molecule has 1 aliphatic heterocycles. The Morgan fingerprint density at radius 1 is 1.03 bits per heavy atom. The smallest absolute Gasteiger partial charge is 0.225 e. The number of hydrogen-bond acceptors (Lipinski definition) is 4. The Bertz CT molecular complexity index is 1030. The molecule has 4 rings (SSSR count). The monoisotopic (exact) mass is 414 g/mol. The average Bonchev–Trinajstić information content (AvgIpc) is 2.80. The van der Waals surface area contributed by atoms with Crippen molar-refractivity contribution in [1.82, 2.24) is 15.3 Å². The van der Waals surface area contributed by atoms with E-state index in [2.05, 4.69) is 65.4 Å². The second kappa shape index (κ2) is 9.29. The number of carbonyl (C=O) groups is 1. The predicted molar refractivity (Wildman–Crippen MR) is 125 cm³/mol. The molecule has 0 saturated carbocycles. The molecular weight excluding hydrogens is 384 g/mol. The maximum absolute atomic E-state index is 13.0. The summed E-state index contributed by atoms with van der Waals surface area (Å²) in [7, 11) is 0. The van der Waals surface area contributed by atoms with Gasteiger partial charge in [-0.15, -0.1) is 0 Å². The zero-order valence-corrected chi connectivity index (χ0v) is 18.5. The van der Waals surface area contributed by atoms with Gasteiger partial charge < -0.3 is 10.2 Å². The highest BCUT2D eigenvalue weighted by atomic mass is 16.2. The number of aromatic nitrogens is 2. The lowest BCUT2D eigenvalue weighted by molar-refractivity contribution is -0.125. The largest absolute Gasteiger partial charge is 0.356 e. The molecule has 1 saturated heterocycles. The molecule has 1 aliphatic rings. The van der Waals surface area contributed by atoms with Crippen LogP contribution in [0.5, 0.6) is 0 Å². The molecule has 2 atom stereocenters. The van der Waals surface area contributed by atoms with Crippen LogP contribution in [0.15, 0.2) is 60.8 Å². The third-order valence-corrected chi connectivity index (χ3v) is 6.00. The van der Waals surface area contributed by atoms with E-state index in [9.17, 15) is 4.79 Å². The lowest BCUT2D eigenvalue weighted by Crippen LogP contribution is -2.44. The van der Waals surface area contributed by atoms with Crippen molar-refractivity contribution in [1.29, 1.82) is 0 Å². The highest BCUT2D eigenvalue weighted by molar-refractivity contribution is 5.80. The van der Waals surface area contributed by atoms with Gasteiger partial charge in [0.2, 0.25) is 5.91 Å². The third kappa shape index (κ3) is 5.10. The summed E-state index contributed by atoms with van der Waals surface area (Å²) in [5.74, 6) is 1.68. The van der Waals surface area contributed by atoms with Crippen molar-refractivity contribution in [3.63, 3.8) is 0 Å². The molecule has 1 amide bonds. The third-order valence-electron chi connectivity index (χ3n) is 6.00. The number of hydrogen-bond donors (Lipinski definition) is 1. The Hall–Kier alpha value is -3.21. The van der Waals surface area contributed by atoms with E-state index in [4.69, 9.17) is 4.98 Å². The summed E-state index contributed by atoms with van der Waals surface area (Å²) in [6, 6.07) is 18.5. The average molecular weight is 415 g/mol. The molecule has 2 heterocycles. The molecule has 1 aromatic heterocycles. The maximum Gasteiger partial charge on any atom is 0.225 e. The van der Waals surface area contributed by atoms with Gasteiger partial charge in [0.1, 0.15) is 5.82 Å². The normalized spacial score (nSPS) is 17.3. The first-order valence-electron chi connectivity index (χ1n) is 11.0. The Labute approximate surface area is 184 Å². The molecule has 5 heteroatoms. The SMILES string of the molecule is Cc1ccc(-c2nccc(N3CCC[C@@H](C(=O)N[C@@H](C)c4ccc(C)cc4)C3)n2)cc1. The van der Waals surface area contributed by atoms with Crippen molar-refractivity contribution < 1.29 is 4.79 Å². The van der Waals surface area contributed by atoms with E-state index in [-0.39, 0.29) is 17.9 Å². The van der Waals surface area contributed by atoms with Crippen LogP contribution in [0.25, 0.3) is 11.4 Å². The van der Waals surface area contributed by atoms with Gasteiger partial charge in [0, 0.05) is 24.8 Å². The zero-order valence-electron chi connectivity index (χ0n) is 18.5. The van der Waals surface area contributed by atoms with Crippen molar-refractivity contribution in [3.05, 3.63) is 77.5 Å². The van der Waals surface area contributed by atoms with Crippen LogP contribution in [0.1, 0.15) is 42.5 Å². The zero-order chi connectivity index (χ0) is 21.8. The van der Waals surface area contributed by atoms with Gasteiger partial charge in [-0.3, -0.25) is 4.79 Å². The summed E-state index contributed by atoms with van der Waals surface area (Å²) in [5, 5.41) is 3.20. The molecule has 2 aromatic carbocycles. The van der Waals surface area contributed by atoms with Gasteiger partial charge in [0.25, 0.3) is 0 Å². The Kier molecular flexibility index (Phi) is 6.31. The number of nitrogens with zero attached hydrogens (tertiary/aromatic N) is 3. The fraction of sp³-hybridized carbons (Fsp3) is 0.346. The van der Waals surface area contributed by atoms with Crippen LogP contribution in [0.3, 0.4) is 0 Å². The lowest BCUT2D eigenvalue weighted by atomic mass is 9.96. The molecule has 0 spiro atoms. The number of carbonyl (C=O) groups excluding carboxylic acids is 1. The molecule has 160 valence electrons. The summed E-state index contributed by atoms with van der Waals surface area (Å²) in [4.78, 5) is 24.4. The Balaban J connectivity index is 1.43. The van der Waals surface area contributed by atoms with Crippen LogP contribution in [0, 0.1) is 19.8 Å². The van der Waals surface area contributed by atoms with Gasteiger partial charge in [-0.2, -0.15) is 0 Å². The van der Waals surface area contributed by atoms with Crippen molar-refractivity contribution in [2.75, 3.05) is 18.0 Å². The minimum absolute atomic E-state index is 0.00401. The van der Waals surface area contributed by atoms with Crippen LogP contribution >= 0.6 is 0 Å². The van der Waals surface area contributed by atoms with E-state index in [1.54, 1.807) is 6.20 Å². The Morgan fingerprint density at radius 2 is 1.71 bits per heavy atom. The second-order valence-corrected chi connectivity index (χ2v) is 8.53. The number of aryl methyl sites for hydroxylation is 2. The molecular formula is C26H30N4O. The van der Waals surface area contributed by atoms with Crippen LogP contribution in [0.4, 0.5) is 5.82 Å². The number of amides is 1. The fourth-order valence-corrected chi connectivity index (χ4v) is 4.04. The molecule has 0 bridgehead atoms. The van der Waals surface area contributed by atoms with Crippen molar-refractivity contribution in [2.45, 2.75) is 39.7 Å². The van der Waals surface area contributed by atoms with Gasteiger partial charge in [-0.05, 0) is 45.2 Å². The van der Waals surface area contributed by atoms with Crippen LogP contribution in [-0.4, -0.2) is 29.0 Å². The number of benzene rings is 2. The lowest BCUT2D eigenvalue weighted by Gasteiger charge is -2.33. The molecule has 5 nitrogen and oxygen atoms in total. The first-order valence-corrected chi connectivity index (χ1v) is 11.0. The topological polar surface area (TPSA) is 58.1 Å². The summed E-state index contributed by atoms with van der Waals surface area (Å²) in [6.45, 7) is 7.76. The Morgan fingerprint density at radius 3 is 2.42 bits per heavy atom. The molecule has 3 aromatic rings. The quantitative estimate of drug-likeness (QED) is 0.648. The summed E-state index contributed by atoms with van der Waals surface area (Å²) >= 11 is 0. The van der Waals surface area contributed by atoms with E-state index in [0.29, 0.717) is 6.54 Å². The molecule has 0 aliphatic carbocycles. The van der Waals surface area contributed by atoms with Gasteiger partial charge >= 0.3 is 0 Å².